The van der Waals surface area contributed by atoms with Crippen LogP contribution in [-0.4, -0.2) is 26.2 Å². The van der Waals surface area contributed by atoms with E-state index in [1.54, 1.807) is 6.92 Å². The third-order valence-corrected chi connectivity index (χ3v) is 2.37. The van der Waals surface area contributed by atoms with Crippen LogP contribution in [0.15, 0.2) is 30.6 Å². The first-order chi connectivity index (χ1) is 8.09. The number of carbonyl (C=O) groups is 1. The van der Waals surface area contributed by atoms with Gasteiger partial charge in [-0.05, 0) is 25.1 Å². The Morgan fingerprint density at radius 1 is 1.24 bits per heavy atom. The van der Waals surface area contributed by atoms with E-state index in [9.17, 15) is 9.90 Å². The monoisotopic (exact) mass is 230 g/mol. The first kappa shape index (κ1) is 11.1. The first-order valence-corrected chi connectivity index (χ1v) is 4.94. The summed E-state index contributed by atoms with van der Waals surface area (Å²) in [5.74, 6) is -1.07. The maximum atomic E-state index is 11.1. The molecule has 1 aromatic carbocycles. The predicted octanol–water partition coefficient (Wildman–Crippen LogP) is 1.86. The van der Waals surface area contributed by atoms with E-state index in [4.69, 9.17) is 5.11 Å². The summed E-state index contributed by atoms with van der Waals surface area (Å²) in [5.41, 5.74) is 1.52. The summed E-state index contributed by atoms with van der Waals surface area (Å²) in [6.07, 6.45) is 3.01. The van der Waals surface area contributed by atoms with E-state index in [2.05, 4.69) is 9.97 Å². The minimum absolute atomic E-state index is 0.00458. The number of carboxylic acids is 1. The Labute approximate surface area is 97.4 Å². The van der Waals surface area contributed by atoms with Gasteiger partial charge in [0.25, 0.3) is 0 Å². The van der Waals surface area contributed by atoms with Crippen molar-refractivity contribution in [3.63, 3.8) is 0 Å². The average Bonchev–Trinajstić information content (AvgIpc) is 2.29. The van der Waals surface area contributed by atoms with Crippen LogP contribution in [0.1, 0.15) is 16.1 Å². The SMILES string of the molecule is Cc1nccnc1-c1cc(O)ccc1C(=O)O. The highest BCUT2D eigenvalue weighted by molar-refractivity contribution is 5.96. The topological polar surface area (TPSA) is 83.3 Å². The largest absolute Gasteiger partial charge is 0.508 e. The second kappa shape index (κ2) is 4.21. The van der Waals surface area contributed by atoms with Gasteiger partial charge in [0.15, 0.2) is 0 Å². The van der Waals surface area contributed by atoms with Crippen LogP contribution in [0.5, 0.6) is 5.75 Å². The first-order valence-electron chi connectivity index (χ1n) is 4.94. The molecule has 0 aliphatic carbocycles. The van der Waals surface area contributed by atoms with E-state index in [1.807, 2.05) is 0 Å². The third kappa shape index (κ3) is 2.08. The number of aryl methyl sites for hydroxylation is 1. The van der Waals surface area contributed by atoms with Crippen molar-refractivity contribution in [2.75, 3.05) is 0 Å². The van der Waals surface area contributed by atoms with E-state index in [-0.39, 0.29) is 11.3 Å². The Balaban J connectivity index is 2.70. The molecule has 2 rings (SSSR count). The van der Waals surface area contributed by atoms with Crippen molar-refractivity contribution in [1.29, 1.82) is 0 Å². The Morgan fingerprint density at radius 2 is 1.94 bits per heavy atom. The normalized spacial score (nSPS) is 10.2. The number of aromatic hydroxyl groups is 1. The zero-order valence-corrected chi connectivity index (χ0v) is 9.08. The van der Waals surface area contributed by atoms with Gasteiger partial charge in [-0.15, -0.1) is 0 Å². The summed E-state index contributed by atoms with van der Waals surface area (Å²) in [7, 11) is 0. The molecule has 2 N–H and O–H groups in total. The summed E-state index contributed by atoms with van der Waals surface area (Å²) in [6, 6.07) is 4.06. The number of rotatable bonds is 2. The minimum Gasteiger partial charge on any atom is -0.508 e. The van der Waals surface area contributed by atoms with Crippen LogP contribution < -0.4 is 0 Å². The van der Waals surface area contributed by atoms with E-state index in [0.717, 1.165) is 0 Å². The van der Waals surface area contributed by atoms with Crippen LogP contribution in [0.2, 0.25) is 0 Å². The van der Waals surface area contributed by atoms with Gasteiger partial charge in [0.1, 0.15) is 5.75 Å². The van der Waals surface area contributed by atoms with Gasteiger partial charge in [-0.1, -0.05) is 0 Å². The summed E-state index contributed by atoms with van der Waals surface area (Å²) in [4.78, 5) is 19.2. The fourth-order valence-electron chi connectivity index (χ4n) is 1.59. The Kier molecular flexibility index (Phi) is 2.74. The molecule has 2 aromatic rings. The van der Waals surface area contributed by atoms with Gasteiger partial charge in [-0.2, -0.15) is 0 Å². The zero-order valence-electron chi connectivity index (χ0n) is 9.08. The second-order valence-corrected chi connectivity index (χ2v) is 3.53. The number of hydrogen-bond donors (Lipinski definition) is 2. The minimum atomic E-state index is -1.06. The predicted molar refractivity (Wildman–Crippen MR) is 60.8 cm³/mol. The van der Waals surface area contributed by atoms with Crippen molar-refractivity contribution in [3.05, 3.63) is 41.9 Å². The lowest BCUT2D eigenvalue weighted by Gasteiger charge is -2.07. The van der Waals surface area contributed by atoms with Crippen LogP contribution in [0.3, 0.4) is 0 Å². The zero-order chi connectivity index (χ0) is 12.4. The number of aromatic nitrogens is 2. The molecule has 0 radical (unpaired) electrons. The van der Waals surface area contributed by atoms with Gasteiger partial charge in [0.2, 0.25) is 0 Å². The van der Waals surface area contributed by atoms with E-state index in [1.165, 1.54) is 30.6 Å². The summed E-state index contributed by atoms with van der Waals surface area (Å²) >= 11 is 0. The van der Waals surface area contributed by atoms with Crippen molar-refractivity contribution in [3.8, 4) is 17.0 Å². The highest BCUT2D eigenvalue weighted by atomic mass is 16.4. The van der Waals surface area contributed by atoms with Gasteiger partial charge >= 0.3 is 5.97 Å². The van der Waals surface area contributed by atoms with Gasteiger partial charge in [-0.25, -0.2) is 4.79 Å². The van der Waals surface area contributed by atoms with Gasteiger partial charge < -0.3 is 10.2 Å². The van der Waals surface area contributed by atoms with Crippen LogP contribution in [0.4, 0.5) is 0 Å². The Morgan fingerprint density at radius 3 is 2.59 bits per heavy atom. The highest BCUT2D eigenvalue weighted by Gasteiger charge is 2.15. The third-order valence-electron chi connectivity index (χ3n) is 2.37. The van der Waals surface area contributed by atoms with Crippen LogP contribution in [-0.2, 0) is 0 Å². The lowest BCUT2D eigenvalue weighted by Crippen LogP contribution is -2.01. The molecule has 0 saturated heterocycles. The molecular weight excluding hydrogens is 220 g/mol. The van der Waals surface area contributed by atoms with E-state index in [0.29, 0.717) is 17.0 Å². The molecule has 0 amide bonds. The smallest absolute Gasteiger partial charge is 0.336 e. The summed E-state index contributed by atoms with van der Waals surface area (Å²) < 4.78 is 0. The van der Waals surface area contributed by atoms with E-state index >= 15 is 0 Å². The van der Waals surface area contributed by atoms with E-state index < -0.39 is 5.97 Å². The van der Waals surface area contributed by atoms with Gasteiger partial charge in [0.05, 0.1) is 17.0 Å². The Bertz CT molecular complexity index is 582. The lowest BCUT2D eigenvalue weighted by atomic mass is 10.0. The number of carboxylic acid groups (broad SMARTS) is 1. The molecular formula is C12H10N2O3. The molecule has 0 aliphatic rings. The molecule has 1 heterocycles. The lowest BCUT2D eigenvalue weighted by molar-refractivity contribution is 0.0697. The Hall–Kier alpha value is -2.43. The molecule has 1 aromatic heterocycles. The van der Waals surface area contributed by atoms with Crippen LogP contribution in [0, 0.1) is 6.92 Å². The summed E-state index contributed by atoms with van der Waals surface area (Å²) in [5, 5.41) is 18.5. The highest BCUT2D eigenvalue weighted by Crippen LogP contribution is 2.27. The number of benzene rings is 1. The van der Waals surface area contributed by atoms with Crippen LogP contribution in [0.25, 0.3) is 11.3 Å². The molecule has 86 valence electrons. The van der Waals surface area contributed by atoms with Crippen molar-refractivity contribution < 1.29 is 15.0 Å². The molecule has 0 spiro atoms. The maximum Gasteiger partial charge on any atom is 0.336 e. The number of hydrogen-bond acceptors (Lipinski definition) is 4. The molecule has 0 bridgehead atoms. The number of nitrogens with zero attached hydrogens (tertiary/aromatic N) is 2. The maximum absolute atomic E-state index is 11.1. The molecule has 5 heteroatoms. The van der Waals surface area contributed by atoms with Gasteiger partial charge in [0, 0.05) is 18.0 Å². The van der Waals surface area contributed by atoms with Crippen molar-refractivity contribution in [2.24, 2.45) is 0 Å². The number of phenols is 1. The fourth-order valence-corrected chi connectivity index (χ4v) is 1.59. The average molecular weight is 230 g/mol. The number of phenolic OH excluding ortho intramolecular Hbond substituents is 1. The second-order valence-electron chi connectivity index (χ2n) is 3.53. The molecule has 0 fully saturated rings. The van der Waals surface area contributed by atoms with Crippen molar-refractivity contribution >= 4 is 5.97 Å². The standard InChI is InChI=1S/C12H10N2O3/c1-7-11(14-5-4-13-7)10-6-8(15)2-3-9(10)12(16)17/h2-6,15H,1H3,(H,16,17). The van der Waals surface area contributed by atoms with Crippen molar-refractivity contribution in [2.45, 2.75) is 6.92 Å². The quantitative estimate of drug-likeness (QED) is 0.822. The van der Waals surface area contributed by atoms with Crippen molar-refractivity contribution in [1.82, 2.24) is 9.97 Å². The molecule has 17 heavy (non-hydrogen) atoms. The molecule has 0 aliphatic heterocycles. The number of aromatic carboxylic acids is 1. The van der Waals surface area contributed by atoms with Gasteiger partial charge in [-0.3, -0.25) is 9.97 Å². The fraction of sp³-hybridized carbons (Fsp3) is 0.0833. The molecule has 0 unspecified atom stereocenters. The summed E-state index contributed by atoms with van der Waals surface area (Å²) in [6.45, 7) is 1.73. The molecule has 0 atom stereocenters. The molecule has 5 nitrogen and oxygen atoms in total. The van der Waals surface area contributed by atoms with Crippen LogP contribution >= 0.6 is 0 Å². The molecule has 0 saturated carbocycles.